The molecular formula is C21H23NO5. The van der Waals surface area contributed by atoms with E-state index < -0.39 is 29.5 Å². The Morgan fingerprint density at radius 3 is 2.67 bits per heavy atom. The van der Waals surface area contributed by atoms with Gasteiger partial charge in [0.15, 0.2) is 0 Å². The van der Waals surface area contributed by atoms with Gasteiger partial charge in [-0.1, -0.05) is 29.9 Å². The molecule has 1 spiro atoms. The molecule has 3 aliphatic heterocycles. The van der Waals surface area contributed by atoms with Crippen LogP contribution in [0.4, 0.5) is 0 Å². The minimum Gasteiger partial charge on any atom is -0.497 e. The molecule has 5 atom stereocenters. The van der Waals surface area contributed by atoms with Gasteiger partial charge in [0.05, 0.1) is 25.2 Å². The smallest absolute Gasteiger partial charge is 0.310 e. The fourth-order valence-electron chi connectivity index (χ4n) is 4.72. The van der Waals surface area contributed by atoms with E-state index in [9.17, 15) is 14.7 Å². The monoisotopic (exact) mass is 369 g/mol. The molecule has 2 fully saturated rings. The van der Waals surface area contributed by atoms with Crippen LogP contribution in [0.25, 0.3) is 0 Å². The number of rotatable bonds is 6. The number of likely N-dealkylation sites (tertiary alicyclic amines) is 1. The Balaban J connectivity index is 1.70. The summed E-state index contributed by atoms with van der Waals surface area (Å²) in [5, 5.41) is 9.68. The predicted octanol–water partition coefficient (Wildman–Crippen LogP) is 2.40. The molecule has 4 rings (SSSR count). The van der Waals surface area contributed by atoms with Gasteiger partial charge in [0.2, 0.25) is 5.91 Å². The number of ether oxygens (including phenoxy) is 2. The molecule has 1 aromatic carbocycles. The Labute approximate surface area is 158 Å². The van der Waals surface area contributed by atoms with Crippen molar-refractivity contribution in [2.45, 2.75) is 37.6 Å². The van der Waals surface area contributed by atoms with Crippen molar-refractivity contribution in [3.63, 3.8) is 0 Å². The number of methoxy groups -OCH3 is 1. The van der Waals surface area contributed by atoms with Crippen molar-refractivity contribution >= 4 is 11.9 Å². The number of carbonyl (C=O) groups is 2. The van der Waals surface area contributed by atoms with Crippen molar-refractivity contribution in [1.29, 1.82) is 0 Å². The minimum atomic E-state index is -0.982. The van der Waals surface area contributed by atoms with Crippen LogP contribution in [0.15, 0.2) is 48.6 Å². The predicted molar refractivity (Wildman–Crippen MR) is 98.1 cm³/mol. The van der Waals surface area contributed by atoms with Crippen molar-refractivity contribution < 1.29 is 24.2 Å². The maximum atomic E-state index is 13.3. The number of carbonyl (C=O) groups excluding carboxylic acids is 1. The lowest BCUT2D eigenvalue weighted by Gasteiger charge is -2.33. The van der Waals surface area contributed by atoms with Crippen LogP contribution in [-0.4, -0.2) is 46.7 Å². The molecule has 0 aliphatic carbocycles. The number of hydrogen-bond donors (Lipinski definition) is 1. The summed E-state index contributed by atoms with van der Waals surface area (Å²) >= 11 is 0. The van der Waals surface area contributed by atoms with Gasteiger partial charge in [0.25, 0.3) is 0 Å². The molecule has 0 saturated carbocycles. The van der Waals surface area contributed by atoms with Crippen LogP contribution in [0, 0.1) is 11.8 Å². The zero-order valence-electron chi connectivity index (χ0n) is 15.4. The second kappa shape index (κ2) is 6.23. The largest absolute Gasteiger partial charge is 0.497 e. The first-order chi connectivity index (χ1) is 12.9. The third-order valence-corrected chi connectivity index (χ3v) is 5.87. The van der Waals surface area contributed by atoms with Crippen molar-refractivity contribution in [2.75, 3.05) is 7.11 Å². The molecule has 3 heterocycles. The zero-order valence-corrected chi connectivity index (χ0v) is 15.4. The lowest BCUT2D eigenvalue weighted by Crippen LogP contribution is -2.45. The molecule has 27 heavy (non-hydrogen) atoms. The highest BCUT2D eigenvalue weighted by molar-refractivity contribution is 5.91. The second-order valence-corrected chi connectivity index (χ2v) is 7.63. The second-order valence-electron chi connectivity index (χ2n) is 7.63. The van der Waals surface area contributed by atoms with Crippen LogP contribution in [0.3, 0.4) is 0 Å². The molecule has 6 nitrogen and oxygen atoms in total. The Bertz CT molecular complexity index is 829. The third kappa shape index (κ3) is 2.58. The SMILES string of the molecule is C=C(C)C[C@@H]1N(Cc2ccc(OC)cc2)C(=O)[C@H]2[C@@H](C(=O)O)[C@H]3C=C[C@@]12O3. The van der Waals surface area contributed by atoms with Crippen molar-refractivity contribution in [2.24, 2.45) is 11.8 Å². The Kier molecular flexibility index (Phi) is 4.11. The van der Waals surface area contributed by atoms with Crippen molar-refractivity contribution in [1.82, 2.24) is 4.90 Å². The van der Waals surface area contributed by atoms with Crippen LogP contribution in [0.2, 0.25) is 0 Å². The van der Waals surface area contributed by atoms with Crippen LogP contribution in [0.1, 0.15) is 18.9 Å². The average molecular weight is 369 g/mol. The van der Waals surface area contributed by atoms with Gasteiger partial charge in [-0.25, -0.2) is 0 Å². The molecule has 1 aromatic rings. The summed E-state index contributed by atoms with van der Waals surface area (Å²) in [5.41, 5.74) is 1.01. The summed E-state index contributed by atoms with van der Waals surface area (Å²) in [5.74, 6) is -1.92. The third-order valence-electron chi connectivity index (χ3n) is 5.87. The van der Waals surface area contributed by atoms with Crippen LogP contribution in [0.5, 0.6) is 5.75 Å². The standard InChI is InChI=1S/C21H23NO5/c1-12(2)10-16-21-9-8-15(27-21)17(20(24)25)18(21)19(23)22(16)11-13-4-6-14(26-3)7-5-13/h4-9,15-18H,1,10-11H2,2-3H3,(H,24,25)/t15-,16+,17+,18-,21-/m1/s1. The molecule has 1 amide bonds. The van der Waals surface area contributed by atoms with E-state index in [0.717, 1.165) is 16.9 Å². The first-order valence-corrected chi connectivity index (χ1v) is 9.05. The molecular weight excluding hydrogens is 346 g/mol. The van der Waals surface area contributed by atoms with E-state index in [0.29, 0.717) is 13.0 Å². The number of benzene rings is 1. The van der Waals surface area contributed by atoms with Crippen molar-refractivity contribution in [3.05, 3.63) is 54.1 Å². The number of carboxylic acid groups (broad SMARTS) is 1. The van der Waals surface area contributed by atoms with Crippen molar-refractivity contribution in [3.8, 4) is 5.75 Å². The van der Waals surface area contributed by atoms with Gasteiger partial charge >= 0.3 is 5.97 Å². The quantitative estimate of drug-likeness (QED) is 0.780. The number of fused-ring (bicyclic) bond motifs is 1. The normalized spacial score (nSPS) is 33.4. The molecule has 2 bridgehead atoms. The number of amides is 1. The maximum Gasteiger partial charge on any atom is 0.310 e. The Morgan fingerprint density at radius 1 is 1.37 bits per heavy atom. The van der Waals surface area contributed by atoms with E-state index >= 15 is 0 Å². The van der Waals surface area contributed by atoms with E-state index in [2.05, 4.69) is 6.58 Å². The number of carboxylic acids is 1. The lowest BCUT2D eigenvalue weighted by atomic mass is 9.74. The molecule has 0 radical (unpaired) electrons. The number of hydrogen-bond acceptors (Lipinski definition) is 4. The van der Waals surface area contributed by atoms with Gasteiger partial charge in [-0.3, -0.25) is 9.59 Å². The van der Waals surface area contributed by atoms with Gasteiger partial charge in [-0.15, -0.1) is 6.58 Å². The van der Waals surface area contributed by atoms with Crippen LogP contribution >= 0.6 is 0 Å². The summed E-state index contributed by atoms with van der Waals surface area (Å²) in [6.07, 6.45) is 3.74. The van der Waals surface area contributed by atoms with Crippen LogP contribution in [-0.2, 0) is 20.9 Å². The highest BCUT2D eigenvalue weighted by Gasteiger charge is 2.70. The number of nitrogens with zero attached hydrogens (tertiary/aromatic N) is 1. The first kappa shape index (κ1) is 17.8. The highest BCUT2D eigenvalue weighted by atomic mass is 16.5. The van der Waals surface area contributed by atoms with Gasteiger partial charge in [0, 0.05) is 6.54 Å². The average Bonchev–Trinajstić information content (AvgIpc) is 3.27. The molecule has 1 N–H and O–H groups in total. The Morgan fingerprint density at radius 2 is 2.07 bits per heavy atom. The molecule has 2 saturated heterocycles. The van der Waals surface area contributed by atoms with E-state index in [1.165, 1.54) is 0 Å². The summed E-state index contributed by atoms with van der Waals surface area (Å²) in [6, 6.07) is 7.27. The summed E-state index contributed by atoms with van der Waals surface area (Å²) in [6.45, 7) is 6.32. The van der Waals surface area contributed by atoms with Crippen LogP contribution < -0.4 is 4.74 Å². The van der Waals surface area contributed by atoms with Gasteiger partial charge < -0.3 is 19.5 Å². The highest BCUT2D eigenvalue weighted by Crippen LogP contribution is 2.56. The minimum absolute atomic E-state index is 0.156. The molecule has 3 aliphatic rings. The van der Waals surface area contributed by atoms with Gasteiger partial charge in [0.1, 0.15) is 17.3 Å². The topological polar surface area (TPSA) is 76.1 Å². The van der Waals surface area contributed by atoms with E-state index in [1.54, 1.807) is 18.1 Å². The molecule has 6 heteroatoms. The molecule has 142 valence electrons. The Hall–Kier alpha value is -2.60. The molecule has 0 unspecified atom stereocenters. The van der Waals surface area contributed by atoms with Gasteiger partial charge in [-0.2, -0.15) is 0 Å². The maximum absolute atomic E-state index is 13.3. The van der Waals surface area contributed by atoms with E-state index in [-0.39, 0.29) is 11.9 Å². The zero-order chi connectivity index (χ0) is 19.3. The summed E-state index contributed by atoms with van der Waals surface area (Å²) in [7, 11) is 1.61. The van der Waals surface area contributed by atoms with E-state index in [1.807, 2.05) is 37.3 Å². The fraction of sp³-hybridized carbons (Fsp3) is 0.429. The number of aliphatic carboxylic acids is 1. The van der Waals surface area contributed by atoms with E-state index in [4.69, 9.17) is 9.47 Å². The summed E-state index contributed by atoms with van der Waals surface area (Å²) < 4.78 is 11.3. The fourth-order valence-corrected chi connectivity index (χ4v) is 4.72. The first-order valence-electron chi connectivity index (χ1n) is 9.05. The molecule has 0 aromatic heterocycles. The lowest BCUT2D eigenvalue weighted by molar-refractivity contribution is -0.148. The van der Waals surface area contributed by atoms with Gasteiger partial charge in [-0.05, 0) is 31.0 Å². The summed E-state index contributed by atoms with van der Waals surface area (Å²) in [4.78, 5) is 26.9.